The van der Waals surface area contributed by atoms with Gasteiger partial charge in [-0.25, -0.2) is 0 Å². The third-order valence-corrected chi connectivity index (χ3v) is 6.43. The molecule has 2 heterocycles. The van der Waals surface area contributed by atoms with Crippen molar-refractivity contribution in [3.63, 3.8) is 0 Å². The number of carbonyl (C=O) groups is 1. The van der Waals surface area contributed by atoms with Crippen molar-refractivity contribution < 1.29 is 28.2 Å². The third kappa shape index (κ3) is 5.12. The number of amidine groups is 1. The molecule has 1 aromatic heterocycles. The van der Waals surface area contributed by atoms with E-state index < -0.39 is 36.9 Å². The van der Waals surface area contributed by atoms with Gasteiger partial charge in [-0.15, -0.1) is 0 Å². The predicted octanol–water partition coefficient (Wildman–Crippen LogP) is 3.76. The highest BCUT2D eigenvalue weighted by Gasteiger charge is 2.35. The molecule has 0 fully saturated rings. The Morgan fingerprint density at radius 2 is 1.94 bits per heavy atom. The highest BCUT2D eigenvalue weighted by Crippen LogP contribution is 2.40. The second-order valence-corrected chi connectivity index (χ2v) is 8.92. The number of benzene rings is 2. The number of amides is 1. The van der Waals surface area contributed by atoms with Crippen LogP contribution in [0.4, 0.5) is 13.2 Å². The van der Waals surface area contributed by atoms with Gasteiger partial charge in [0.2, 0.25) is 0 Å². The van der Waals surface area contributed by atoms with Crippen molar-refractivity contribution in [3.8, 4) is 0 Å². The van der Waals surface area contributed by atoms with E-state index >= 15 is 0 Å². The minimum absolute atomic E-state index is 0.0507. The smallest absolute Gasteiger partial charge is 0.394 e. The van der Waals surface area contributed by atoms with Gasteiger partial charge < -0.3 is 15.5 Å². The maximum Gasteiger partial charge on any atom is 0.416 e. The Balaban J connectivity index is 1.80. The summed E-state index contributed by atoms with van der Waals surface area (Å²) in [5.41, 5.74) is 0.664. The number of aromatic amines is 1. The quantitative estimate of drug-likeness (QED) is 0.376. The molecule has 7 nitrogen and oxygen atoms in total. The zero-order valence-electron chi connectivity index (χ0n) is 17.4. The van der Waals surface area contributed by atoms with E-state index in [1.807, 2.05) is 0 Å². The second-order valence-electron chi connectivity index (χ2n) is 7.49. The van der Waals surface area contributed by atoms with Crippen molar-refractivity contribution in [2.75, 3.05) is 13.2 Å². The molecule has 12 heteroatoms. The van der Waals surface area contributed by atoms with Gasteiger partial charge in [0.1, 0.15) is 0 Å². The van der Waals surface area contributed by atoms with E-state index in [0.717, 1.165) is 28.7 Å². The third-order valence-electron chi connectivity index (χ3n) is 5.17. The fourth-order valence-electron chi connectivity index (χ4n) is 3.48. The molecular formula is C22H18ClF3N4O3S. The minimum atomic E-state index is -4.64. The molecule has 0 saturated carbocycles. The molecule has 4 N–H and O–H groups in total. The van der Waals surface area contributed by atoms with Gasteiger partial charge in [-0.1, -0.05) is 23.7 Å². The molecule has 0 aliphatic carbocycles. The first kappa shape index (κ1) is 24.3. The lowest BCUT2D eigenvalue weighted by Gasteiger charge is -2.17. The van der Waals surface area contributed by atoms with Crippen LogP contribution in [0.1, 0.15) is 16.7 Å². The summed E-state index contributed by atoms with van der Waals surface area (Å²) in [5, 5.41) is 28.9. The van der Waals surface area contributed by atoms with E-state index in [1.165, 1.54) is 12.1 Å². The molecule has 178 valence electrons. The zero-order valence-corrected chi connectivity index (χ0v) is 18.9. The number of halogens is 4. The van der Waals surface area contributed by atoms with Crippen LogP contribution in [-0.2, 0) is 17.4 Å². The van der Waals surface area contributed by atoms with Crippen molar-refractivity contribution in [3.05, 3.63) is 69.2 Å². The van der Waals surface area contributed by atoms with E-state index in [1.54, 1.807) is 24.4 Å². The number of aliphatic imine (C=N–C) groups is 1. The van der Waals surface area contributed by atoms with E-state index in [4.69, 9.17) is 11.6 Å². The average Bonchev–Trinajstić information content (AvgIpc) is 3.41. The van der Waals surface area contributed by atoms with Crippen molar-refractivity contribution >= 4 is 50.9 Å². The Hall–Kier alpha value is -2.86. The monoisotopic (exact) mass is 510 g/mol. The molecule has 2 aromatic carbocycles. The molecule has 0 saturated heterocycles. The SMILES string of the molecule is O=C1N=C(NC(CO)CO)SC1=C(Cc1ccc(Cl)cc1C(F)(F)F)c1ccc2[nH]ncc2c1. The van der Waals surface area contributed by atoms with Crippen LogP contribution in [0, 0.1) is 0 Å². The van der Waals surface area contributed by atoms with Crippen LogP contribution in [0.5, 0.6) is 0 Å². The Bertz CT molecular complexity index is 1300. The lowest BCUT2D eigenvalue weighted by Crippen LogP contribution is -2.38. The van der Waals surface area contributed by atoms with Crippen LogP contribution >= 0.6 is 23.4 Å². The van der Waals surface area contributed by atoms with Crippen molar-refractivity contribution in [2.24, 2.45) is 4.99 Å². The first-order chi connectivity index (χ1) is 16.2. The Labute approximate surface area is 200 Å². The van der Waals surface area contributed by atoms with Gasteiger partial charge in [-0.05, 0) is 59.1 Å². The van der Waals surface area contributed by atoms with Gasteiger partial charge in [0.05, 0.1) is 41.4 Å². The molecule has 0 atom stereocenters. The fraction of sp³-hybridized carbons (Fsp3) is 0.227. The number of alkyl halides is 3. The van der Waals surface area contributed by atoms with Crippen molar-refractivity contribution in [1.29, 1.82) is 0 Å². The number of fused-ring (bicyclic) bond motifs is 1. The van der Waals surface area contributed by atoms with Gasteiger partial charge in [0.25, 0.3) is 5.91 Å². The summed E-state index contributed by atoms with van der Waals surface area (Å²) in [6.07, 6.45) is -3.28. The average molecular weight is 511 g/mol. The highest BCUT2D eigenvalue weighted by atomic mass is 35.5. The number of nitrogens with one attached hydrogen (secondary N) is 2. The van der Waals surface area contributed by atoms with Gasteiger partial charge in [-0.2, -0.15) is 23.3 Å². The normalized spacial score (nSPS) is 15.9. The summed E-state index contributed by atoms with van der Waals surface area (Å²) in [5.74, 6) is -0.632. The molecule has 4 rings (SSSR count). The van der Waals surface area contributed by atoms with Gasteiger partial charge in [0.15, 0.2) is 5.17 Å². The number of rotatable bonds is 6. The first-order valence-electron chi connectivity index (χ1n) is 10.0. The number of aliphatic hydroxyl groups is 2. The summed E-state index contributed by atoms with van der Waals surface area (Å²) in [7, 11) is 0. The molecule has 1 amide bonds. The van der Waals surface area contributed by atoms with E-state index in [-0.39, 0.29) is 27.1 Å². The molecule has 3 aromatic rings. The summed E-state index contributed by atoms with van der Waals surface area (Å²) in [6, 6.07) is 7.93. The number of nitrogens with zero attached hydrogens (tertiary/aromatic N) is 2. The van der Waals surface area contributed by atoms with E-state index in [9.17, 15) is 28.2 Å². The number of thioether (sulfide) groups is 1. The lowest BCUT2D eigenvalue weighted by atomic mass is 9.93. The topological polar surface area (TPSA) is 111 Å². The molecule has 0 spiro atoms. The predicted molar refractivity (Wildman–Crippen MR) is 124 cm³/mol. The Kier molecular flexibility index (Phi) is 6.99. The van der Waals surface area contributed by atoms with Gasteiger partial charge in [0, 0.05) is 10.4 Å². The fourth-order valence-corrected chi connectivity index (χ4v) is 4.65. The number of hydrogen-bond donors (Lipinski definition) is 4. The van der Waals surface area contributed by atoms with Crippen LogP contribution in [-0.4, -0.2) is 50.7 Å². The van der Waals surface area contributed by atoms with Gasteiger partial charge in [-0.3, -0.25) is 9.89 Å². The number of aliphatic hydroxyl groups excluding tert-OH is 2. The maximum absolute atomic E-state index is 13.7. The summed E-state index contributed by atoms with van der Waals surface area (Å²) in [4.78, 5) is 16.9. The molecule has 0 unspecified atom stereocenters. The van der Waals surface area contributed by atoms with Crippen LogP contribution in [0.15, 0.2) is 52.5 Å². The number of H-pyrrole nitrogens is 1. The summed E-state index contributed by atoms with van der Waals surface area (Å²) in [6.45, 7) is -0.792. The maximum atomic E-state index is 13.7. The van der Waals surface area contributed by atoms with Crippen LogP contribution in [0.3, 0.4) is 0 Å². The Morgan fingerprint density at radius 3 is 2.65 bits per heavy atom. The van der Waals surface area contributed by atoms with Crippen molar-refractivity contribution in [2.45, 2.75) is 18.6 Å². The lowest BCUT2D eigenvalue weighted by molar-refractivity contribution is -0.138. The van der Waals surface area contributed by atoms with Crippen LogP contribution in [0.25, 0.3) is 16.5 Å². The second kappa shape index (κ2) is 9.79. The largest absolute Gasteiger partial charge is 0.416 e. The zero-order chi connectivity index (χ0) is 24.5. The minimum Gasteiger partial charge on any atom is -0.394 e. The summed E-state index contributed by atoms with van der Waals surface area (Å²) < 4.78 is 41.2. The summed E-state index contributed by atoms with van der Waals surface area (Å²) >= 11 is 6.77. The molecule has 1 aliphatic rings. The number of aromatic nitrogens is 2. The Morgan fingerprint density at radius 1 is 1.18 bits per heavy atom. The van der Waals surface area contributed by atoms with Crippen LogP contribution in [0.2, 0.25) is 5.02 Å². The highest BCUT2D eigenvalue weighted by molar-refractivity contribution is 8.18. The molecule has 34 heavy (non-hydrogen) atoms. The first-order valence-corrected chi connectivity index (χ1v) is 11.2. The molecule has 0 radical (unpaired) electrons. The number of allylic oxidation sites excluding steroid dienone is 1. The van der Waals surface area contributed by atoms with Crippen molar-refractivity contribution in [1.82, 2.24) is 15.5 Å². The van der Waals surface area contributed by atoms with Crippen LogP contribution < -0.4 is 5.32 Å². The number of hydrogen-bond acceptors (Lipinski definition) is 6. The molecule has 0 bridgehead atoms. The number of carbonyl (C=O) groups excluding carboxylic acids is 1. The van der Waals surface area contributed by atoms with E-state index in [2.05, 4.69) is 20.5 Å². The van der Waals surface area contributed by atoms with Gasteiger partial charge >= 0.3 is 6.18 Å². The molecule has 1 aliphatic heterocycles. The molecular weight excluding hydrogens is 493 g/mol. The van der Waals surface area contributed by atoms with E-state index in [0.29, 0.717) is 11.1 Å². The standard InChI is InChI=1S/C22H18ClF3N4O3S/c23-14-3-1-12(17(7-14)22(24,25)26)6-16(11-2-4-18-13(5-11)8-27-30-18)19-20(33)29-21(34-19)28-15(9-31)10-32/h1-5,7-8,15,31-32H,6,9-10H2,(H,27,30)(H,28,29,33).